The van der Waals surface area contributed by atoms with Gasteiger partial charge in [-0.3, -0.25) is 0 Å². The van der Waals surface area contributed by atoms with Crippen LogP contribution < -0.4 is 0 Å². The van der Waals surface area contributed by atoms with E-state index in [2.05, 4.69) is 13.8 Å². The van der Waals surface area contributed by atoms with Crippen LogP contribution in [-0.4, -0.2) is 34.1 Å². The Morgan fingerprint density at radius 2 is 1.66 bits per heavy atom. The van der Waals surface area contributed by atoms with Gasteiger partial charge in [-0.05, 0) is 98.7 Å². The molecule has 8 unspecified atom stereocenters. The molecule has 0 radical (unpaired) electrons. The third-order valence-corrected chi connectivity index (χ3v) is 10.6. The van der Waals surface area contributed by atoms with E-state index < -0.39 is 5.60 Å². The van der Waals surface area contributed by atoms with Gasteiger partial charge < -0.3 is 15.3 Å². The molecule has 4 aliphatic carbocycles. The zero-order valence-corrected chi connectivity index (χ0v) is 19.0. The van der Waals surface area contributed by atoms with Gasteiger partial charge >= 0.3 is 0 Å². The van der Waals surface area contributed by atoms with E-state index in [0.717, 1.165) is 43.4 Å². The third-order valence-electron chi connectivity index (χ3n) is 10.6. The molecule has 3 nitrogen and oxygen atoms in total. The zero-order valence-electron chi connectivity index (χ0n) is 19.0. The second-order valence-electron chi connectivity index (χ2n) is 11.8. The second-order valence-corrected chi connectivity index (χ2v) is 11.8. The summed E-state index contributed by atoms with van der Waals surface area (Å²) in [6.07, 6.45) is 16.3. The molecule has 4 saturated carbocycles. The highest BCUT2D eigenvalue weighted by molar-refractivity contribution is 5.11. The van der Waals surface area contributed by atoms with Gasteiger partial charge in [0.15, 0.2) is 0 Å². The van der Waals surface area contributed by atoms with E-state index in [0.29, 0.717) is 23.2 Å². The van der Waals surface area contributed by atoms with Crippen molar-refractivity contribution in [2.24, 2.45) is 46.8 Å². The highest BCUT2D eigenvalue weighted by Gasteiger charge is 2.61. The lowest BCUT2D eigenvalue weighted by Crippen LogP contribution is -2.56. The van der Waals surface area contributed by atoms with E-state index in [4.69, 9.17) is 0 Å². The SMILES string of the molecule is CC(CCCC(CO)CO)C1CCC2C3CCC4CCCCC4(C)C3CCC12O. The van der Waals surface area contributed by atoms with Crippen LogP contribution in [0.2, 0.25) is 0 Å². The Balaban J connectivity index is 1.41. The maximum atomic E-state index is 12.0. The van der Waals surface area contributed by atoms with E-state index in [-0.39, 0.29) is 19.1 Å². The molecule has 29 heavy (non-hydrogen) atoms. The lowest BCUT2D eigenvalue weighted by Gasteiger charge is -2.60. The smallest absolute Gasteiger partial charge is 0.0709 e. The molecule has 8 atom stereocenters. The highest BCUT2D eigenvalue weighted by atomic mass is 16.3. The second kappa shape index (κ2) is 8.79. The molecule has 0 saturated heterocycles. The maximum Gasteiger partial charge on any atom is 0.0709 e. The van der Waals surface area contributed by atoms with Crippen LogP contribution in [0.1, 0.15) is 97.3 Å². The quantitative estimate of drug-likeness (QED) is 0.547. The van der Waals surface area contributed by atoms with Gasteiger partial charge in [-0.25, -0.2) is 0 Å². The van der Waals surface area contributed by atoms with E-state index in [9.17, 15) is 15.3 Å². The Labute approximate surface area is 178 Å². The summed E-state index contributed by atoms with van der Waals surface area (Å²) in [5.41, 5.74) is 0.127. The Bertz CT molecular complexity index is 546. The first-order valence-electron chi connectivity index (χ1n) is 12.9. The van der Waals surface area contributed by atoms with E-state index in [1.54, 1.807) is 0 Å². The fraction of sp³-hybridized carbons (Fsp3) is 1.00. The summed E-state index contributed by atoms with van der Waals surface area (Å²) in [5, 5.41) is 30.6. The minimum Gasteiger partial charge on any atom is -0.396 e. The number of rotatable bonds is 7. The number of hydrogen-bond acceptors (Lipinski definition) is 3. The van der Waals surface area contributed by atoms with Crippen LogP contribution in [0, 0.1) is 46.8 Å². The highest BCUT2D eigenvalue weighted by Crippen LogP contribution is 2.65. The average molecular weight is 407 g/mol. The van der Waals surface area contributed by atoms with E-state index in [1.165, 1.54) is 57.8 Å². The molecule has 168 valence electrons. The molecule has 0 aromatic heterocycles. The molecule has 4 rings (SSSR count). The van der Waals surface area contributed by atoms with Gasteiger partial charge in [0.1, 0.15) is 0 Å². The zero-order chi connectivity index (χ0) is 20.6. The minimum absolute atomic E-state index is 0.0310. The molecular weight excluding hydrogens is 360 g/mol. The predicted molar refractivity (Wildman–Crippen MR) is 117 cm³/mol. The van der Waals surface area contributed by atoms with Crippen molar-refractivity contribution < 1.29 is 15.3 Å². The van der Waals surface area contributed by atoms with Gasteiger partial charge in [-0.2, -0.15) is 0 Å². The van der Waals surface area contributed by atoms with Crippen LogP contribution in [0.5, 0.6) is 0 Å². The van der Waals surface area contributed by atoms with Crippen LogP contribution in [0.25, 0.3) is 0 Å². The lowest BCUT2D eigenvalue weighted by molar-refractivity contribution is -0.160. The average Bonchev–Trinajstić information content (AvgIpc) is 3.08. The summed E-state index contributed by atoms with van der Waals surface area (Å²) in [4.78, 5) is 0. The largest absolute Gasteiger partial charge is 0.396 e. The van der Waals surface area contributed by atoms with Crippen molar-refractivity contribution in [3.8, 4) is 0 Å². The molecule has 0 aromatic carbocycles. The summed E-state index contributed by atoms with van der Waals surface area (Å²) >= 11 is 0. The first-order chi connectivity index (χ1) is 13.9. The van der Waals surface area contributed by atoms with Crippen molar-refractivity contribution >= 4 is 0 Å². The van der Waals surface area contributed by atoms with Gasteiger partial charge in [0, 0.05) is 19.1 Å². The molecule has 3 N–H and O–H groups in total. The molecule has 0 heterocycles. The molecule has 0 aliphatic heterocycles. The Morgan fingerprint density at radius 1 is 0.862 bits per heavy atom. The van der Waals surface area contributed by atoms with E-state index >= 15 is 0 Å². The summed E-state index contributed by atoms with van der Waals surface area (Å²) in [6, 6.07) is 0. The van der Waals surface area contributed by atoms with Gasteiger partial charge in [-0.15, -0.1) is 0 Å². The lowest BCUT2D eigenvalue weighted by atomic mass is 9.46. The summed E-state index contributed by atoms with van der Waals surface area (Å²) in [6.45, 7) is 5.14. The van der Waals surface area contributed by atoms with Crippen LogP contribution >= 0.6 is 0 Å². The first-order valence-corrected chi connectivity index (χ1v) is 12.9. The van der Waals surface area contributed by atoms with Crippen LogP contribution in [-0.2, 0) is 0 Å². The molecule has 0 aromatic rings. The molecular formula is C26H46O3. The van der Waals surface area contributed by atoms with Crippen molar-refractivity contribution in [1.82, 2.24) is 0 Å². The summed E-state index contributed by atoms with van der Waals surface area (Å²) in [7, 11) is 0. The Hall–Kier alpha value is -0.120. The number of hydrogen-bond donors (Lipinski definition) is 3. The van der Waals surface area contributed by atoms with Crippen molar-refractivity contribution in [3.63, 3.8) is 0 Å². The van der Waals surface area contributed by atoms with Gasteiger partial charge in [-0.1, -0.05) is 39.5 Å². The van der Waals surface area contributed by atoms with Crippen molar-refractivity contribution in [3.05, 3.63) is 0 Å². The van der Waals surface area contributed by atoms with Gasteiger partial charge in [0.2, 0.25) is 0 Å². The Kier molecular flexibility index (Phi) is 6.69. The fourth-order valence-corrected chi connectivity index (χ4v) is 8.93. The molecule has 4 fully saturated rings. The van der Waals surface area contributed by atoms with Crippen LogP contribution in [0.4, 0.5) is 0 Å². The van der Waals surface area contributed by atoms with E-state index in [1.807, 2.05) is 0 Å². The van der Waals surface area contributed by atoms with Crippen molar-refractivity contribution in [2.75, 3.05) is 13.2 Å². The normalized spacial score (nSPS) is 45.5. The predicted octanol–water partition coefficient (Wildman–Crippen LogP) is 5.17. The maximum absolute atomic E-state index is 12.0. The van der Waals surface area contributed by atoms with Crippen LogP contribution in [0.3, 0.4) is 0 Å². The molecule has 0 bridgehead atoms. The van der Waals surface area contributed by atoms with Gasteiger partial charge in [0.25, 0.3) is 0 Å². The van der Waals surface area contributed by atoms with Gasteiger partial charge in [0.05, 0.1) is 5.60 Å². The minimum atomic E-state index is -0.425. The summed E-state index contributed by atoms with van der Waals surface area (Å²) in [5.74, 6) is 4.13. The van der Waals surface area contributed by atoms with Crippen molar-refractivity contribution in [1.29, 1.82) is 0 Å². The van der Waals surface area contributed by atoms with Crippen molar-refractivity contribution in [2.45, 2.75) is 103 Å². The fourth-order valence-electron chi connectivity index (χ4n) is 8.93. The monoisotopic (exact) mass is 406 g/mol. The Morgan fingerprint density at radius 3 is 2.41 bits per heavy atom. The molecule has 3 heteroatoms. The number of aliphatic hydroxyl groups excluding tert-OH is 2. The number of fused-ring (bicyclic) bond motifs is 5. The topological polar surface area (TPSA) is 60.7 Å². The van der Waals surface area contributed by atoms with Crippen LogP contribution in [0.15, 0.2) is 0 Å². The molecule has 0 amide bonds. The standard InChI is InChI=1S/C26H46O3/c1-18(6-5-7-19(16-27)17-28)22-11-12-24-21-10-9-20-8-3-4-14-25(20,2)23(21)13-15-26(22,24)29/h18-24,27-29H,3-17H2,1-2H3. The number of aliphatic hydroxyl groups is 3. The first kappa shape index (κ1) is 22.1. The summed E-state index contributed by atoms with van der Waals surface area (Å²) < 4.78 is 0. The molecule has 0 spiro atoms. The molecule has 4 aliphatic rings. The third kappa shape index (κ3) is 3.82.